The molecule has 0 bridgehead atoms. The first kappa shape index (κ1) is 12.5. The topological polar surface area (TPSA) is 55.1 Å². The summed E-state index contributed by atoms with van der Waals surface area (Å²) in [7, 11) is 0. The van der Waals surface area contributed by atoms with Crippen molar-refractivity contribution in [2.24, 2.45) is 11.1 Å². The summed E-state index contributed by atoms with van der Waals surface area (Å²) < 4.78 is 0. The summed E-state index contributed by atoms with van der Waals surface area (Å²) in [5.74, 6) is 0.0943. The fourth-order valence-electron chi connectivity index (χ4n) is 2.26. The molecular weight excluding hydrogens is 188 g/mol. The van der Waals surface area contributed by atoms with Gasteiger partial charge in [0.2, 0.25) is 5.91 Å². The van der Waals surface area contributed by atoms with Gasteiger partial charge >= 0.3 is 0 Å². The first-order valence-electron chi connectivity index (χ1n) is 6.04. The van der Waals surface area contributed by atoms with E-state index in [1.807, 2.05) is 6.92 Å². The molecule has 1 atom stereocenters. The SMILES string of the molecule is CC(N)CC(=O)NCC1(C)CCCCC1. The smallest absolute Gasteiger partial charge is 0.221 e. The Morgan fingerprint density at radius 1 is 1.40 bits per heavy atom. The van der Waals surface area contributed by atoms with Crippen LogP contribution in [0.1, 0.15) is 52.4 Å². The van der Waals surface area contributed by atoms with Crippen LogP contribution in [0.5, 0.6) is 0 Å². The van der Waals surface area contributed by atoms with Crippen LogP contribution in [-0.4, -0.2) is 18.5 Å². The van der Waals surface area contributed by atoms with Gasteiger partial charge in [-0.05, 0) is 25.2 Å². The maximum absolute atomic E-state index is 11.4. The second-order valence-electron chi connectivity index (χ2n) is 5.33. The van der Waals surface area contributed by atoms with Crippen molar-refractivity contribution in [3.05, 3.63) is 0 Å². The molecule has 0 aromatic heterocycles. The number of hydrogen-bond donors (Lipinski definition) is 2. The molecule has 0 aliphatic heterocycles. The Labute approximate surface area is 92.8 Å². The summed E-state index contributed by atoms with van der Waals surface area (Å²) in [6.07, 6.45) is 6.88. The molecule has 0 spiro atoms. The van der Waals surface area contributed by atoms with Gasteiger partial charge in [-0.3, -0.25) is 4.79 Å². The lowest BCUT2D eigenvalue weighted by molar-refractivity contribution is -0.121. The zero-order valence-electron chi connectivity index (χ0n) is 10.0. The third kappa shape index (κ3) is 4.65. The van der Waals surface area contributed by atoms with E-state index in [2.05, 4.69) is 12.2 Å². The van der Waals surface area contributed by atoms with Crippen LogP contribution in [0.25, 0.3) is 0 Å². The summed E-state index contributed by atoms with van der Waals surface area (Å²) in [6.45, 7) is 4.96. The summed E-state index contributed by atoms with van der Waals surface area (Å²) in [6, 6.07) is -0.0378. The number of hydrogen-bond acceptors (Lipinski definition) is 2. The van der Waals surface area contributed by atoms with E-state index in [1.165, 1.54) is 32.1 Å². The van der Waals surface area contributed by atoms with E-state index in [1.54, 1.807) is 0 Å². The lowest BCUT2D eigenvalue weighted by Gasteiger charge is -2.33. The van der Waals surface area contributed by atoms with Crippen LogP contribution in [0.2, 0.25) is 0 Å². The highest BCUT2D eigenvalue weighted by Crippen LogP contribution is 2.34. The fourth-order valence-corrected chi connectivity index (χ4v) is 2.26. The van der Waals surface area contributed by atoms with Crippen LogP contribution < -0.4 is 11.1 Å². The number of nitrogens with one attached hydrogen (secondary N) is 1. The third-order valence-corrected chi connectivity index (χ3v) is 3.28. The molecular formula is C12H24N2O. The Morgan fingerprint density at radius 2 is 2.00 bits per heavy atom. The summed E-state index contributed by atoms with van der Waals surface area (Å²) >= 11 is 0. The molecule has 1 aliphatic rings. The van der Waals surface area contributed by atoms with Crippen molar-refractivity contribution in [2.75, 3.05) is 6.54 Å². The van der Waals surface area contributed by atoms with Crippen molar-refractivity contribution in [1.29, 1.82) is 0 Å². The number of carbonyl (C=O) groups excluding carboxylic acids is 1. The highest BCUT2D eigenvalue weighted by Gasteiger charge is 2.26. The lowest BCUT2D eigenvalue weighted by Crippen LogP contribution is -2.38. The molecule has 0 aromatic rings. The summed E-state index contributed by atoms with van der Waals surface area (Å²) in [5.41, 5.74) is 5.90. The molecule has 1 rings (SSSR count). The maximum Gasteiger partial charge on any atom is 0.221 e. The normalized spacial score (nSPS) is 22.1. The van der Waals surface area contributed by atoms with E-state index in [9.17, 15) is 4.79 Å². The standard InChI is InChI=1S/C12H24N2O/c1-10(13)8-11(15)14-9-12(2)6-4-3-5-7-12/h10H,3-9,13H2,1-2H3,(H,14,15). The van der Waals surface area contributed by atoms with Gasteiger partial charge in [0.25, 0.3) is 0 Å². The molecule has 0 heterocycles. The van der Waals surface area contributed by atoms with Gasteiger partial charge in [-0.15, -0.1) is 0 Å². The van der Waals surface area contributed by atoms with Gasteiger partial charge in [0, 0.05) is 19.0 Å². The van der Waals surface area contributed by atoms with Crippen LogP contribution in [0.4, 0.5) is 0 Å². The van der Waals surface area contributed by atoms with Gasteiger partial charge in [-0.1, -0.05) is 26.2 Å². The maximum atomic E-state index is 11.4. The number of nitrogens with two attached hydrogens (primary N) is 1. The molecule has 0 radical (unpaired) electrons. The largest absolute Gasteiger partial charge is 0.356 e. The first-order chi connectivity index (χ1) is 7.02. The second kappa shape index (κ2) is 5.50. The van der Waals surface area contributed by atoms with Crippen molar-refractivity contribution in [2.45, 2.75) is 58.4 Å². The van der Waals surface area contributed by atoms with Crippen LogP contribution in [0.15, 0.2) is 0 Å². The van der Waals surface area contributed by atoms with Crippen molar-refractivity contribution in [3.8, 4) is 0 Å². The molecule has 15 heavy (non-hydrogen) atoms. The zero-order valence-corrected chi connectivity index (χ0v) is 10.0. The molecule has 1 unspecified atom stereocenters. The minimum Gasteiger partial charge on any atom is -0.356 e. The number of amides is 1. The average molecular weight is 212 g/mol. The Hall–Kier alpha value is -0.570. The molecule has 88 valence electrons. The highest BCUT2D eigenvalue weighted by atomic mass is 16.1. The first-order valence-corrected chi connectivity index (χ1v) is 6.04. The van der Waals surface area contributed by atoms with E-state index in [-0.39, 0.29) is 11.9 Å². The van der Waals surface area contributed by atoms with E-state index < -0.39 is 0 Å². The predicted octanol–water partition coefficient (Wildman–Crippen LogP) is 1.81. The highest BCUT2D eigenvalue weighted by molar-refractivity contribution is 5.76. The van der Waals surface area contributed by atoms with Gasteiger partial charge in [-0.25, -0.2) is 0 Å². The van der Waals surface area contributed by atoms with E-state index in [4.69, 9.17) is 5.73 Å². The van der Waals surface area contributed by atoms with Crippen molar-refractivity contribution in [1.82, 2.24) is 5.32 Å². The average Bonchev–Trinajstić information content (AvgIpc) is 2.15. The monoisotopic (exact) mass is 212 g/mol. The van der Waals surface area contributed by atoms with Gasteiger partial charge in [0.1, 0.15) is 0 Å². The van der Waals surface area contributed by atoms with Crippen molar-refractivity contribution >= 4 is 5.91 Å². The van der Waals surface area contributed by atoms with E-state index >= 15 is 0 Å². The van der Waals surface area contributed by atoms with Gasteiger partial charge < -0.3 is 11.1 Å². The Balaban J connectivity index is 2.25. The molecule has 0 saturated heterocycles. The predicted molar refractivity (Wildman–Crippen MR) is 62.5 cm³/mol. The quantitative estimate of drug-likeness (QED) is 0.746. The molecule has 0 aromatic carbocycles. The number of carbonyl (C=O) groups is 1. The third-order valence-electron chi connectivity index (χ3n) is 3.28. The molecule has 1 aliphatic carbocycles. The van der Waals surface area contributed by atoms with Crippen molar-refractivity contribution in [3.63, 3.8) is 0 Å². The van der Waals surface area contributed by atoms with Gasteiger partial charge in [-0.2, -0.15) is 0 Å². The summed E-state index contributed by atoms with van der Waals surface area (Å²) in [4.78, 5) is 11.4. The van der Waals surface area contributed by atoms with Gasteiger partial charge in [0.05, 0.1) is 0 Å². The Kier molecular flexibility index (Phi) is 4.58. The van der Waals surface area contributed by atoms with Crippen LogP contribution in [0, 0.1) is 5.41 Å². The van der Waals surface area contributed by atoms with Gasteiger partial charge in [0.15, 0.2) is 0 Å². The second-order valence-corrected chi connectivity index (χ2v) is 5.33. The molecule has 3 N–H and O–H groups in total. The van der Waals surface area contributed by atoms with Crippen LogP contribution >= 0.6 is 0 Å². The summed E-state index contributed by atoms with van der Waals surface area (Å²) in [5, 5.41) is 3.01. The van der Waals surface area contributed by atoms with Crippen molar-refractivity contribution < 1.29 is 4.79 Å². The fraction of sp³-hybridized carbons (Fsp3) is 0.917. The van der Waals surface area contributed by atoms with Crippen LogP contribution in [0.3, 0.4) is 0 Å². The Bertz CT molecular complexity index is 208. The van der Waals surface area contributed by atoms with E-state index in [0.29, 0.717) is 11.8 Å². The van der Waals surface area contributed by atoms with E-state index in [0.717, 1.165) is 6.54 Å². The lowest BCUT2D eigenvalue weighted by atomic mass is 9.76. The molecule has 3 heteroatoms. The number of rotatable bonds is 4. The van der Waals surface area contributed by atoms with Crippen LogP contribution in [-0.2, 0) is 4.79 Å². The minimum absolute atomic E-state index is 0.0378. The molecule has 3 nitrogen and oxygen atoms in total. The molecule has 1 fully saturated rings. The molecule has 1 amide bonds. The molecule has 1 saturated carbocycles. The zero-order chi connectivity index (χ0) is 11.3. The Morgan fingerprint density at radius 3 is 2.53 bits per heavy atom. The minimum atomic E-state index is -0.0378.